The lowest BCUT2D eigenvalue weighted by Crippen LogP contribution is -2.56. The number of nitrogens with one attached hydrogen (secondary N) is 1. The number of rotatable bonds is 3. The Balaban J connectivity index is 2.03. The Labute approximate surface area is 113 Å². The third kappa shape index (κ3) is 2.02. The summed E-state index contributed by atoms with van der Waals surface area (Å²) < 4.78 is 1.67. The van der Waals surface area contributed by atoms with Gasteiger partial charge in [0.05, 0.1) is 6.42 Å². The Bertz CT molecular complexity index is 669. The van der Waals surface area contributed by atoms with Crippen LogP contribution in [0.2, 0.25) is 0 Å². The fourth-order valence-electron chi connectivity index (χ4n) is 2.28. The van der Waals surface area contributed by atoms with Gasteiger partial charge in [-0.25, -0.2) is 4.98 Å². The molecule has 3 heterocycles. The normalized spacial score (nSPS) is 19.1. The van der Waals surface area contributed by atoms with E-state index in [4.69, 9.17) is 5.11 Å². The van der Waals surface area contributed by atoms with Crippen LogP contribution in [0.4, 0.5) is 5.82 Å². The number of anilines is 1. The molecular weight excluding hydrogens is 264 g/mol. The summed E-state index contributed by atoms with van der Waals surface area (Å²) in [6, 6.07) is -0.795. The van der Waals surface area contributed by atoms with Crippen LogP contribution in [0.3, 0.4) is 0 Å². The zero-order valence-corrected chi connectivity index (χ0v) is 10.4. The molecule has 0 aromatic carbocycles. The van der Waals surface area contributed by atoms with Gasteiger partial charge in [-0.05, 0) is 0 Å². The van der Waals surface area contributed by atoms with E-state index in [1.54, 1.807) is 21.7 Å². The Morgan fingerprint density at radius 1 is 1.55 bits per heavy atom. The van der Waals surface area contributed by atoms with Crippen LogP contribution >= 0.6 is 0 Å². The number of aromatic nitrogens is 4. The minimum absolute atomic E-state index is 0.289. The molecule has 1 fully saturated rings. The molecule has 20 heavy (non-hydrogen) atoms. The summed E-state index contributed by atoms with van der Waals surface area (Å²) in [5.41, 5.74) is 0.498. The molecule has 0 aliphatic carbocycles. The molecule has 9 heteroatoms. The number of hydrogen-bond acceptors (Lipinski definition) is 6. The zero-order chi connectivity index (χ0) is 14.1. The zero-order valence-electron chi connectivity index (χ0n) is 10.4. The number of hydrogen-bond donors (Lipinski definition) is 2. The molecule has 0 spiro atoms. The molecule has 3 rings (SSSR count). The van der Waals surface area contributed by atoms with Crippen LogP contribution in [-0.4, -0.2) is 55.7 Å². The van der Waals surface area contributed by atoms with Crippen LogP contribution in [-0.2, 0) is 9.59 Å². The van der Waals surface area contributed by atoms with Gasteiger partial charge in [-0.15, -0.1) is 10.2 Å². The van der Waals surface area contributed by atoms with Gasteiger partial charge < -0.3 is 15.3 Å². The molecular formula is C11H12N6O3. The summed E-state index contributed by atoms with van der Waals surface area (Å²) in [6.45, 7) is 0.912. The highest BCUT2D eigenvalue weighted by molar-refractivity contribution is 5.91. The second kappa shape index (κ2) is 4.76. The molecule has 9 nitrogen and oxygen atoms in total. The van der Waals surface area contributed by atoms with Crippen molar-refractivity contribution < 1.29 is 14.7 Å². The van der Waals surface area contributed by atoms with Gasteiger partial charge >= 0.3 is 5.97 Å². The molecule has 1 saturated heterocycles. The fourth-order valence-corrected chi connectivity index (χ4v) is 2.28. The first-order valence-electron chi connectivity index (χ1n) is 6.07. The Hall–Kier alpha value is -2.71. The van der Waals surface area contributed by atoms with Crippen LogP contribution < -0.4 is 10.2 Å². The lowest BCUT2D eigenvalue weighted by atomic mass is 10.1. The van der Waals surface area contributed by atoms with Gasteiger partial charge in [0, 0.05) is 25.5 Å². The molecule has 2 aromatic heterocycles. The van der Waals surface area contributed by atoms with Crippen molar-refractivity contribution in [1.82, 2.24) is 24.9 Å². The van der Waals surface area contributed by atoms with E-state index >= 15 is 0 Å². The quantitative estimate of drug-likeness (QED) is 0.731. The van der Waals surface area contributed by atoms with Gasteiger partial charge in [0.15, 0.2) is 5.82 Å². The first-order chi connectivity index (χ1) is 9.66. The van der Waals surface area contributed by atoms with Crippen molar-refractivity contribution in [1.29, 1.82) is 0 Å². The molecule has 0 radical (unpaired) electrons. The Morgan fingerprint density at radius 2 is 2.40 bits per heavy atom. The molecule has 2 aromatic rings. The van der Waals surface area contributed by atoms with E-state index in [2.05, 4.69) is 20.5 Å². The number of amides is 1. The highest BCUT2D eigenvalue weighted by Crippen LogP contribution is 2.21. The van der Waals surface area contributed by atoms with Crippen molar-refractivity contribution in [2.24, 2.45) is 0 Å². The number of nitrogens with zero attached hydrogens (tertiary/aromatic N) is 5. The van der Waals surface area contributed by atoms with Gasteiger partial charge in [-0.1, -0.05) is 0 Å². The first-order valence-corrected chi connectivity index (χ1v) is 6.07. The molecule has 1 atom stereocenters. The SMILES string of the molecule is O=C(O)CC1C(=O)NCCN1c1nccn2cnnc12. The summed E-state index contributed by atoms with van der Waals surface area (Å²) >= 11 is 0. The van der Waals surface area contributed by atoms with E-state index in [1.807, 2.05) is 0 Å². The predicted octanol–water partition coefficient (Wildman–Crippen LogP) is -1.10. The molecule has 2 N–H and O–H groups in total. The summed E-state index contributed by atoms with van der Waals surface area (Å²) in [5, 5.41) is 19.4. The molecule has 1 aliphatic heterocycles. The number of carbonyl (C=O) groups excluding carboxylic acids is 1. The van der Waals surface area contributed by atoms with Crippen LogP contribution in [0.5, 0.6) is 0 Å². The highest BCUT2D eigenvalue weighted by Gasteiger charge is 2.33. The summed E-state index contributed by atoms with van der Waals surface area (Å²) in [4.78, 5) is 28.7. The molecule has 0 saturated carbocycles. The lowest BCUT2D eigenvalue weighted by Gasteiger charge is -2.34. The number of carboxylic acids is 1. The van der Waals surface area contributed by atoms with E-state index in [0.29, 0.717) is 24.6 Å². The van der Waals surface area contributed by atoms with Crippen LogP contribution in [0.1, 0.15) is 6.42 Å². The van der Waals surface area contributed by atoms with Gasteiger partial charge in [0.1, 0.15) is 12.4 Å². The van der Waals surface area contributed by atoms with Crippen molar-refractivity contribution >= 4 is 23.3 Å². The monoisotopic (exact) mass is 276 g/mol. The Morgan fingerprint density at radius 3 is 3.20 bits per heavy atom. The maximum atomic E-state index is 11.9. The van der Waals surface area contributed by atoms with Crippen LogP contribution in [0.15, 0.2) is 18.7 Å². The number of piperazine rings is 1. The van der Waals surface area contributed by atoms with Gasteiger partial charge in [-0.2, -0.15) is 0 Å². The van der Waals surface area contributed by atoms with Crippen molar-refractivity contribution in [3.8, 4) is 0 Å². The molecule has 0 bridgehead atoms. The molecule has 1 unspecified atom stereocenters. The summed E-state index contributed by atoms with van der Waals surface area (Å²) in [6.07, 6.45) is 4.49. The van der Waals surface area contributed by atoms with Gasteiger partial charge in [-0.3, -0.25) is 14.0 Å². The number of aliphatic carboxylic acids is 1. The molecule has 1 amide bonds. The van der Waals surface area contributed by atoms with Crippen molar-refractivity contribution in [2.45, 2.75) is 12.5 Å². The van der Waals surface area contributed by atoms with E-state index in [1.165, 1.54) is 6.33 Å². The van der Waals surface area contributed by atoms with E-state index in [-0.39, 0.29) is 12.3 Å². The minimum atomic E-state index is -1.04. The lowest BCUT2D eigenvalue weighted by molar-refractivity contribution is -0.139. The predicted molar refractivity (Wildman–Crippen MR) is 67.2 cm³/mol. The fraction of sp³-hybridized carbons (Fsp3) is 0.364. The van der Waals surface area contributed by atoms with Crippen molar-refractivity contribution in [3.05, 3.63) is 18.7 Å². The topological polar surface area (TPSA) is 113 Å². The first kappa shape index (κ1) is 12.3. The van der Waals surface area contributed by atoms with E-state index < -0.39 is 12.0 Å². The maximum Gasteiger partial charge on any atom is 0.305 e. The molecule has 1 aliphatic rings. The minimum Gasteiger partial charge on any atom is -0.481 e. The third-order valence-corrected chi connectivity index (χ3v) is 3.17. The average molecular weight is 276 g/mol. The van der Waals surface area contributed by atoms with E-state index in [0.717, 1.165) is 0 Å². The van der Waals surface area contributed by atoms with Gasteiger partial charge in [0.2, 0.25) is 11.6 Å². The summed E-state index contributed by atoms with van der Waals surface area (Å²) in [7, 11) is 0. The number of carboxylic acid groups (broad SMARTS) is 1. The largest absolute Gasteiger partial charge is 0.481 e. The van der Waals surface area contributed by atoms with Crippen molar-refractivity contribution in [3.63, 3.8) is 0 Å². The molecule has 104 valence electrons. The Kier molecular flexibility index (Phi) is 2.93. The summed E-state index contributed by atoms with van der Waals surface area (Å²) in [5.74, 6) is -0.890. The smallest absolute Gasteiger partial charge is 0.305 e. The highest BCUT2D eigenvalue weighted by atomic mass is 16.4. The maximum absolute atomic E-state index is 11.9. The average Bonchev–Trinajstić information content (AvgIpc) is 2.89. The standard InChI is InChI=1S/C11H12N6O3/c18-8(19)5-7-11(20)13-2-4-17(7)9-10-15-14-6-16(10)3-1-12-9/h1,3,6-7H,2,4-5H2,(H,13,20)(H,18,19). The third-order valence-electron chi connectivity index (χ3n) is 3.17. The second-order valence-electron chi connectivity index (χ2n) is 4.41. The second-order valence-corrected chi connectivity index (χ2v) is 4.41. The van der Waals surface area contributed by atoms with Gasteiger partial charge in [0.25, 0.3) is 0 Å². The van der Waals surface area contributed by atoms with Crippen LogP contribution in [0.25, 0.3) is 5.65 Å². The van der Waals surface area contributed by atoms with Crippen molar-refractivity contribution in [2.75, 3.05) is 18.0 Å². The number of carbonyl (C=O) groups is 2. The van der Waals surface area contributed by atoms with Crippen LogP contribution in [0, 0.1) is 0 Å². The number of fused-ring (bicyclic) bond motifs is 1. The van der Waals surface area contributed by atoms with E-state index in [9.17, 15) is 9.59 Å².